The van der Waals surface area contributed by atoms with Gasteiger partial charge < -0.3 is 14.6 Å². The molecular weight excluding hydrogens is 206 g/mol. The summed E-state index contributed by atoms with van der Waals surface area (Å²) in [4.78, 5) is 2.38. The Balaban J connectivity index is 1.88. The maximum atomic E-state index is 5.17. The lowest BCUT2D eigenvalue weighted by Gasteiger charge is -2.30. The summed E-state index contributed by atoms with van der Waals surface area (Å²) >= 11 is 0. The molecule has 0 saturated heterocycles. The van der Waals surface area contributed by atoms with Crippen molar-refractivity contribution in [2.45, 2.75) is 19.1 Å². The third-order valence-electron chi connectivity index (χ3n) is 2.97. The topological polar surface area (TPSA) is 55.2 Å². The molecule has 0 saturated carbocycles. The normalized spacial score (nSPS) is 18.4. The summed E-state index contributed by atoms with van der Waals surface area (Å²) in [6.45, 7) is 4.62. The Bertz CT molecular complexity index is 327. The molecule has 0 bridgehead atoms. The van der Waals surface area contributed by atoms with E-state index in [2.05, 4.69) is 25.0 Å². The van der Waals surface area contributed by atoms with E-state index in [1.165, 1.54) is 0 Å². The summed E-state index contributed by atoms with van der Waals surface area (Å²) in [5.41, 5.74) is 0. The average molecular weight is 225 g/mol. The molecule has 1 atom stereocenters. The van der Waals surface area contributed by atoms with Crippen molar-refractivity contribution >= 4 is 0 Å². The summed E-state index contributed by atoms with van der Waals surface area (Å²) in [7, 11) is 3.70. The van der Waals surface area contributed by atoms with Gasteiger partial charge in [0.05, 0.1) is 13.2 Å². The van der Waals surface area contributed by atoms with E-state index >= 15 is 0 Å². The van der Waals surface area contributed by atoms with E-state index in [9.17, 15) is 0 Å². The monoisotopic (exact) mass is 225 g/mol. The largest absolute Gasteiger partial charge is 0.383 e. The molecule has 6 heteroatoms. The Hall–Kier alpha value is -0.980. The van der Waals surface area contributed by atoms with Gasteiger partial charge in [-0.2, -0.15) is 0 Å². The van der Waals surface area contributed by atoms with Crippen molar-refractivity contribution in [2.75, 3.05) is 33.9 Å². The Morgan fingerprint density at radius 1 is 1.56 bits per heavy atom. The van der Waals surface area contributed by atoms with Gasteiger partial charge in [-0.1, -0.05) is 0 Å². The minimum Gasteiger partial charge on any atom is -0.383 e. The lowest BCUT2D eigenvalue weighted by molar-refractivity contribution is 0.128. The predicted octanol–water partition coefficient (Wildman–Crippen LogP) is -0.672. The van der Waals surface area contributed by atoms with Crippen LogP contribution in [0.25, 0.3) is 0 Å². The third-order valence-corrected chi connectivity index (χ3v) is 2.97. The van der Waals surface area contributed by atoms with Crippen molar-refractivity contribution in [3.8, 4) is 0 Å². The fraction of sp³-hybridized carbons (Fsp3) is 0.800. The lowest BCUT2D eigenvalue weighted by Crippen LogP contribution is -2.45. The fourth-order valence-electron chi connectivity index (χ4n) is 2.01. The fourth-order valence-corrected chi connectivity index (χ4v) is 2.01. The maximum absolute atomic E-state index is 5.17. The molecule has 2 rings (SSSR count). The minimum absolute atomic E-state index is 0.375. The lowest BCUT2D eigenvalue weighted by atomic mass is 10.2. The SMILES string of the molecule is CNC(COC)CN1CCn2cnnc2C1. The molecule has 0 spiro atoms. The van der Waals surface area contributed by atoms with Crippen LogP contribution in [0.4, 0.5) is 0 Å². The van der Waals surface area contributed by atoms with Gasteiger partial charge in [0.15, 0.2) is 0 Å². The molecule has 1 unspecified atom stereocenters. The molecule has 2 heterocycles. The second kappa shape index (κ2) is 5.38. The summed E-state index contributed by atoms with van der Waals surface area (Å²) in [6, 6.07) is 0.375. The molecule has 0 fully saturated rings. The first kappa shape index (κ1) is 11.5. The van der Waals surface area contributed by atoms with Crippen molar-refractivity contribution in [2.24, 2.45) is 0 Å². The number of nitrogens with zero attached hydrogens (tertiary/aromatic N) is 4. The summed E-state index contributed by atoms with van der Waals surface area (Å²) < 4.78 is 7.28. The summed E-state index contributed by atoms with van der Waals surface area (Å²) in [6.07, 6.45) is 1.80. The molecule has 90 valence electrons. The zero-order chi connectivity index (χ0) is 11.4. The van der Waals surface area contributed by atoms with E-state index in [0.717, 1.165) is 38.6 Å². The van der Waals surface area contributed by atoms with E-state index in [4.69, 9.17) is 4.74 Å². The summed E-state index contributed by atoms with van der Waals surface area (Å²) in [5, 5.41) is 11.3. The van der Waals surface area contributed by atoms with E-state index in [0.29, 0.717) is 6.04 Å². The van der Waals surface area contributed by atoms with Crippen molar-refractivity contribution < 1.29 is 4.74 Å². The standard InChI is InChI=1S/C10H19N5O/c1-11-9(7-16-2)5-14-3-4-15-8-12-13-10(15)6-14/h8-9,11H,3-7H2,1-2H3. The molecule has 0 radical (unpaired) electrons. The quantitative estimate of drug-likeness (QED) is 0.720. The van der Waals surface area contributed by atoms with Gasteiger partial charge in [0.25, 0.3) is 0 Å². The smallest absolute Gasteiger partial charge is 0.147 e. The molecule has 1 aromatic rings. The van der Waals surface area contributed by atoms with Crippen LogP contribution in [0.2, 0.25) is 0 Å². The zero-order valence-corrected chi connectivity index (χ0v) is 9.89. The van der Waals surface area contributed by atoms with Crippen LogP contribution in [0, 0.1) is 0 Å². The van der Waals surface area contributed by atoms with E-state index in [1.54, 1.807) is 13.4 Å². The number of hydrogen-bond acceptors (Lipinski definition) is 5. The van der Waals surface area contributed by atoms with Gasteiger partial charge in [-0.05, 0) is 7.05 Å². The van der Waals surface area contributed by atoms with E-state index in [-0.39, 0.29) is 0 Å². The third kappa shape index (κ3) is 2.58. The Morgan fingerprint density at radius 2 is 2.44 bits per heavy atom. The first-order chi connectivity index (χ1) is 7.83. The van der Waals surface area contributed by atoms with Crippen LogP contribution in [-0.2, 0) is 17.8 Å². The Labute approximate surface area is 95.6 Å². The second-order valence-electron chi connectivity index (χ2n) is 4.12. The molecule has 1 N–H and O–H groups in total. The van der Waals surface area contributed by atoms with Crippen LogP contribution in [0.5, 0.6) is 0 Å². The molecule has 0 aliphatic carbocycles. The minimum atomic E-state index is 0.375. The number of methoxy groups -OCH3 is 1. The molecule has 1 aliphatic heterocycles. The molecule has 0 aromatic carbocycles. The molecular formula is C10H19N5O. The number of aromatic nitrogens is 3. The number of fused-ring (bicyclic) bond motifs is 1. The molecule has 6 nitrogen and oxygen atoms in total. The van der Waals surface area contributed by atoms with Gasteiger partial charge in [0, 0.05) is 32.8 Å². The summed E-state index contributed by atoms with van der Waals surface area (Å²) in [5.74, 6) is 1.05. The zero-order valence-electron chi connectivity index (χ0n) is 9.89. The highest BCUT2D eigenvalue weighted by atomic mass is 16.5. The van der Waals surface area contributed by atoms with Crippen molar-refractivity contribution in [3.05, 3.63) is 12.2 Å². The van der Waals surface area contributed by atoms with Crippen LogP contribution >= 0.6 is 0 Å². The van der Waals surface area contributed by atoms with Gasteiger partial charge in [-0.15, -0.1) is 10.2 Å². The highest BCUT2D eigenvalue weighted by Gasteiger charge is 2.19. The first-order valence-electron chi connectivity index (χ1n) is 5.58. The van der Waals surface area contributed by atoms with Gasteiger partial charge in [-0.25, -0.2) is 0 Å². The number of nitrogens with one attached hydrogen (secondary N) is 1. The number of likely N-dealkylation sites (N-methyl/N-ethyl adjacent to an activating group) is 1. The maximum Gasteiger partial charge on any atom is 0.147 e. The van der Waals surface area contributed by atoms with Crippen molar-refractivity contribution in [1.29, 1.82) is 0 Å². The van der Waals surface area contributed by atoms with Gasteiger partial charge in [0.1, 0.15) is 12.2 Å². The average Bonchev–Trinajstić information content (AvgIpc) is 2.75. The van der Waals surface area contributed by atoms with Crippen LogP contribution < -0.4 is 5.32 Å². The van der Waals surface area contributed by atoms with Crippen LogP contribution in [0.15, 0.2) is 6.33 Å². The molecule has 0 amide bonds. The number of hydrogen-bond donors (Lipinski definition) is 1. The van der Waals surface area contributed by atoms with E-state index in [1.807, 2.05) is 7.05 Å². The van der Waals surface area contributed by atoms with Crippen molar-refractivity contribution in [3.63, 3.8) is 0 Å². The predicted molar refractivity (Wildman–Crippen MR) is 60.0 cm³/mol. The van der Waals surface area contributed by atoms with Crippen LogP contribution in [0.1, 0.15) is 5.82 Å². The second-order valence-corrected chi connectivity index (χ2v) is 4.12. The number of ether oxygens (including phenoxy) is 1. The first-order valence-corrected chi connectivity index (χ1v) is 5.58. The van der Waals surface area contributed by atoms with Gasteiger partial charge >= 0.3 is 0 Å². The van der Waals surface area contributed by atoms with Crippen LogP contribution in [0.3, 0.4) is 0 Å². The molecule has 16 heavy (non-hydrogen) atoms. The van der Waals surface area contributed by atoms with Crippen molar-refractivity contribution in [1.82, 2.24) is 25.0 Å². The van der Waals surface area contributed by atoms with Gasteiger partial charge in [-0.3, -0.25) is 4.90 Å². The van der Waals surface area contributed by atoms with Gasteiger partial charge in [0.2, 0.25) is 0 Å². The Morgan fingerprint density at radius 3 is 3.19 bits per heavy atom. The molecule has 1 aromatic heterocycles. The number of rotatable bonds is 5. The highest BCUT2D eigenvalue weighted by molar-refractivity contribution is 4.90. The highest BCUT2D eigenvalue weighted by Crippen LogP contribution is 2.09. The Kier molecular flexibility index (Phi) is 3.87. The van der Waals surface area contributed by atoms with Crippen LogP contribution in [-0.4, -0.2) is 59.6 Å². The van der Waals surface area contributed by atoms with E-state index < -0.39 is 0 Å². The molecule has 1 aliphatic rings.